The number of carboxylic acid groups (broad SMARTS) is 1. The van der Waals surface area contributed by atoms with E-state index in [9.17, 15) is 4.79 Å². The fourth-order valence-electron chi connectivity index (χ4n) is 2.76. The van der Waals surface area contributed by atoms with E-state index in [1.807, 2.05) is 18.2 Å². The minimum absolute atomic E-state index is 0.374. The van der Waals surface area contributed by atoms with Gasteiger partial charge < -0.3 is 5.11 Å². The van der Waals surface area contributed by atoms with Crippen LogP contribution in [-0.2, 0) is 6.42 Å². The maximum atomic E-state index is 11.1. The number of hydrogen-bond acceptors (Lipinski definition) is 1. The first-order valence-electron chi connectivity index (χ1n) is 5.47. The van der Waals surface area contributed by atoms with Crippen LogP contribution in [-0.4, -0.2) is 11.1 Å². The lowest BCUT2D eigenvalue weighted by molar-refractivity contribution is 0.0695. The summed E-state index contributed by atoms with van der Waals surface area (Å²) < 4.78 is 0. The van der Waals surface area contributed by atoms with Gasteiger partial charge in [0.05, 0.1) is 5.56 Å². The highest BCUT2D eigenvalue weighted by atomic mass is 16.4. The fraction of sp³-hybridized carbons (Fsp3) is 0.214. The zero-order valence-electron chi connectivity index (χ0n) is 8.76. The van der Waals surface area contributed by atoms with Crippen molar-refractivity contribution in [1.82, 2.24) is 0 Å². The van der Waals surface area contributed by atoms with Crippen LogP contribution in [0.4, 0.5) is 0 Å². The quantitative estimate of drug-likeness (QED) is 0.777. The molecule has 2 nitrogen and oxygen atoms in total. The molecule has 80 valence electrons. The molecule has 2 aliphatic carbocycles. The molecule has 1 aromatic rings. The highest BCUT2D eigenvalue weighted by Crippen LogP contribution is 2.42. The molecule has 0 saturated carbocycles. The van der Waals surface area contributed by atoms with Crippen molar-refractivity contribution < 1.29 is 9.90 Å². The van der Waals surface area contributed by atoms with Crippen molar-refractivity contribution in [3.63, 3.8) is 0 Å². The van der Waals surface area contributed by atoms with Crippen LogP contribution in [0.25, 0.3) is 0 Å². The van der Waals surface area contributed by atoms with E-state index in [4.69, 9.17) is 5.11 Å². The van der Waals surface area contributed by atoms with Gasteiger partial charge in [-0.15, -0.1) is 0 Å². The number of hydrogen-bond donors (Lipinski definition) is 1. The Balaban J connectivity index is 2.15. The van der Waals surface area contributed by atoms with E-state index in [0.29, 0.717) is 17.4 Å². The van der Waals surface area contributed by atoms with Gasteiger partial charge in [-0.05, 0) is 29.5 Å². The Kier molecular flexibility index (Phi) is 1.96. The van der Waals surface area contributed by atoms with Crippen molar-refractivity contribution in [3.05, 3.63) is 59.2 Å². The van der Waals surface area contributed by atoms with Crippen LogP contribution in [0.3, 0.4) is 0 Å². The Bertz CT molecular complexity index is 511. The third kappa shape index (κ3) is 1.23. The molecule has 0 radical (unpaired) electrons. The normalized spacial score (nSPS) is 25.2. The van der Waals surface area contributed by atoms with Crippen molar-refractivity contribution in [2.75, 3.05) is 0 Å². The lowest BCUT2D eigenvalue weighted by atomic mass is 9.89. The van der Waals surface area contributed by atoms with Crippen LogP contribution in [0, 0.1) is 5.92 Å². The lowest BCUT2D eigenvalue weighted by Crippen LogP contribution is -2.04. The topological polar surface area (TPSA) is 37.3 Å². The SMILES string of the molecule is O=C(O)c1cccc2c1CC1C=CC=CC21. The van der Waals surface area contributed by atoms with Crippen LogP contribution in [0.2, 0.25) is 0 Å². The van der Waals surface area contributed by atoms with Crippen LogP contribution >= 0.6 is 0 Å². The zero-order chi connectivity index (χ0) is 11.1. The molecule has 16 heavy (non-hydrogen) atoms. The Labute approximate surface area is 93.9 Å². The summed E-state index contributed by atoms with van der Waals surface area (Å²) >= 11 is 0. The third-order valence-electron chi connectivity index (χ3n) is 3.49. The van der Waals surface area contributed by atoms with E-state index in [1.54, 1.807) is 6.07 Å². The second-order valence-corrected chi connectivity index (χ2v) is 4.34. The van der Waals surface area contributed by atoms with Crippen molar-refractivity contribution in [2.45, 2.75) is 12.3 Å². The summed E-state index contributed by atoms with van der Waals surface area (Å²) in [6.45, 7) is 0. The second-order valence-electron chi connectivity index (χ2n) is 4.34. The van der Waals surface area contributed by atoms with Crippen molar-refractivity contribution in [2.24, 2.45) is 5.92 Å². The summed E-state index contributed by atoms with van der Waals surface area (Å²) in [6.07, 6.45) is 9.29. The maximum Gasteiger partial charge on any atom is 0.335 e. The molecule has 0 aromatic heterocycles. The van der Waals surface area contributed by atoms with E-state index in [0.717, 1.165) is 12.0 Å². The monoisotopic (exact) mass is 212 g/mol. The Hall–Kier alpha value is -1.83. The molecule has 3 rings (SSSR count). The van der Waals surface area contributed by atoms with Crippen LogP contribution in [0.5, 0.6) is 0 Å². The zero-order valence-corrected chi connectivity index (χ0v) is 8.76. The van der Waals surface area contributed by atoms with Gasteiger partial charge in [-0.1, -0.05) is 36.4 Å². The highest BCUT2D eigenvalue weighted by Gasteiger charge is 2.32. The summed E-state index contributed by atoms with van der Waals surface area (Å²) in [7, 11) is 0. The van der Waals surface area contributed by atoms with Crippen molar-refractivity contribution in [1.29, 1.82) is 0 Å². The van der Waals surface area contributed by atoms with Gasteiger partial charge in [-0.25, -0.2) is 4.79 Å². The predicted octanol–water partition coefficient (Wildman–Crippen LogP) is 2.77. The number of fused-ring (bicyclic) bond motifs is 3. The molecule has 0 bridgehead atoms. The van der Waals surface area contributed by atoms with E-state index in [1.165, 1.54) is 5.56 Å². The number of aromatic carboxylic acids is 1. The summed E-state index contributed by atoms with van der Waals surface area (Å²) in [5.74, 6) is 0.00301. The largest absolute Gasteiger partial charge is 0.478 e. The molecule has 2 aliphatic rings. The fourth-order valence-corrected chi connectivity index (χ4v) is 2.76. The molecule has 2 unspecified atom stereocenters. The van der Waals surface area contributed by atoms with E-state index in [-0.39, 0.29) is 0 Å². The van der Waals surface area contributed by atoms with Gasteiger partial charge in [0.1, 0.15) is 0 Å². The molecular formula is C14H12O2. The molecule has 0 spiro atoms. The molecular weight excluding hydrogens is 200 g/mol. The molecule has 2 heteroatoms. The lowest BCUT2D eigenvalue weighted by Gasteiger charge is -2.15. The molecule has 0 amide bonds. The van der Waals surface area contributed by atoms with Gasteiger partial charge in [-0.3, -0.25) is 0 Å². The molecule has 0 saturated heterocycles. The Morgan fingerprint density at radius 3 is 2.88 bits per heavy atom. The molecule has 0 heterocycles. The molecule has 0 aliphatic heterocycles. The van der Waals surface area contributed by atoms with Crippen molar-refractivity contribution in [3.8, 4) is 0 Å². The Morgan fingerprint density at radius 1 is 1.25 bits per heavy atom. The number of carbonyl (C=O) groups is 1. The number of allylic oxidation sites excluding steroid dienone is 4. The number of rotatable bonds is 1. The summed E-state index contributed by atoms with van der Waals surface area (Å²) in [5, 5.41) is 9.15. The smallest absolute Gasteiger partial charge is 0.335 e. The van der Waals surface area contributed by atoms with E-state index < -0.39 is 5.97 Å². The molecule has 1 aromatic carbocycles. The summed E-state index contributed by atoms with van der Waals surface area (Å²) in [5.41, 5.74) is 2.67. The minimum atomic E-state index is -0.816. The molecule has 0 fully saturated rings. The minimum Gasteiger partial charge on any atom is -0.478 e. The average molecular weight is 212 g/mol. The van der Waals surface area contributed by atoms with E-state index in [2.05, 4.69) is 18.2 Å². The van der Waals surface area contributed by atoms with Crippen LogP contribution in [0.15, 0.2) is 42.5 Å². The van der Waals surface area contributed by atoms with Gasteiger partial charge in [-0.2, -0.15) is 0 Å². The molecule has 2 atom stereocenters. The summed E-state index contributed by atoms with van der Waals surface area (Å²) in [6, 6.07) is 5.60. The van der Waals surface area contributed by atoms with Crippen LogP contribution < -0.4 is 0 Å². The highest BCUT2D eigenvalue weighted by molar-refractivity contribution is 5.90. The van der Waals surface area contributed by atoms with Gasteiger partial charge in [0.15, 0.2) is 0 Å². The maximum absolute atomic E-state index is 11.1. The van der Waals surface area contributed by atoms with Gasteiger partial charge in [0.25, 0.3) is 0 Å². The van der Waals surface area contributed by atoms with Crippen LogP contribution in [0.1, 0.15) is 27.4 Å². The van der Waals surface area contributed by atoms with E-state index >= 15 is 0 Å². The average Bonchev–Trinajstić information content (AvgIpc) is 2.67. The number of benzene rings is 1. The predicted molar refractivity (Wildman–Crippen MR) is 61.6 cm³/mol. The first-order valence-corrected chi connectivity index (χ1v) is 5.47. The third-order valence-corrected chi connectivity index (χ3v) is 3.49. The van der Waals surface area contributed by atoms with Crippen molar-refractivity contribution >= 4 is 5.97 Å². The number of carboxylic acids is 1. The van der Waals surface area contributed by atoms with Gasteiger partial charge in [0.2, 0.25) is 0 Å². The first-order chi connectivity index (χ1) is 7.77. The van der Waals surface area contributed by atoms with Gasteiger partial charge in [0, 0.05) is 5.92 Å². The molecule has 1 N–H and O–H groups in total. The van der Waals surface area contributed by atoms with Gasteiger partial charge >= 0.3 is 5.97 Å². The standard InChI is InChI=1S/C14H12O2/c15-14(16)12-7-3-6-11-10-5-2-1-4-9(10)8-13(11)12/h1-7,9-10H,8H2,(H,15,16). The first kappa shape index (κ1) is 9.40. The summed E-state index contributed by atoms with van der Waals surface area (Å²) in [4.78, 5) is 11.1. The Morgan fingerprint density at radius 2 is 2.06 bits per heavy atom. The second kappa shape index (κ2) is 3.34.